The van der Waals surface area contributed by atoms with Crippen LogP contribution in [-0.4, -0.2) is 58.4 Å². The molecule has 116 valence electrons. The second-order valence-electron chi connectivity index (χ2n) is 4.95. The Morgan fingerprint density at radius 1 is 1.50 bits per heavy atom. The van der Waals surface area contributed by atoms with Gasteiger partial charge >= 0.3 is 0 Å². The van der Waals surface area contributed by atoms with Gasteiger partial charge in [-0.2, -0.15) is 5.10 Å². The third-order valence-electron chi connectivity index (χ3n) is 3.33. The monoisotopic (exact) mass is 302 g/mol. The largest absolute Gasteiger partial charge is 0.366 e. The topological polar surface area (TPSA) is 105 Å². The number of rotatable bonds is 5. The SMILES string of the molecule is O=C(NCCc1nc(-c2cccnc2)n[nH]1)[C@H]1CNCCO1. The smallest absolute Gasteiger partial charge is 0.250 e. The minimum atomic E-state index is -0.408. The number of pyridine rings is 1. The third-order valence-corrected chi connectivity index (χ3v) is 3.33. The first-order chi connectivity index (χ1) is 10.8. The normalized spacial score (nSPS) is 18.1. The number of aromatic amines is 1. The van der Waals surface area contributed by atoms with E-state index in [1.165, 1.54) is 0 Å². The molecular weight excluding hydrogens is 284 g/mol. The van der Waals surface area contributed by atoms with E-state index in [1.54, 1.807) is 12.4 Å². The predicted octanol–water partition coefficient (Wildman–Crippen LogP) is -0.486. The number of H-pyrrole nitrogens is 1. The van der Waals surface area contributed by atoms with E-state index in [4.69, 9.17) is 4.74 Å². The average Bonchev–Trinajstić information content (AvgIpc) is 3.05. The van der Waals surface area contributed by atoms with E-state index in [2.05, 4.69) is 30.8 Å². The molecule has 0 aliphatic carbocycles. The lowest BCUT2D eigenvalue weighted by atomic mass is 10.2. The van der Waals surface area contributed by atoms with Crippen LogP contribution in [0.15, 0.2) is 24.5 Å². The van der Waals surface area contributed by atoms with E-state index in [-0.39, 0.29) is 5.91 Å². The number of hydrogen-bond acceptors (Lipinski definition) is 6. The van der Waals surface area contributed by atoms with Gasteiger partial charge in [0, 0.05) is 44.0 Å². The van der Waals surface area contributed by atoms with E-state index in [1.807, 2.05) is 12.1 Å². The van der Waals surface area contributed by atoms with Crippen LogP contribution in [0.5, 0.6) is 0 Å². The summed E-state index contributed by atoms with van der Waals surface area (Å²) in [7, 11) is 0. The van der Waals surface area contributed by atoms with Gasteiger partial charge in [-0.1, -0.05) is 0 Å². The zero-order valence-corrected chi connectivity index (χ0v) is 12.1. The lowest BCUT2D eigenvalue weighted by Gasteiger charge is -2.22. The second kappa shape index (κ2) is 7.10. The van der Waals surface area contributed by atoms with Crippen LogP contribution >= 0.6 is 0 Å². The minimum Gasteiger partial charge on any atom is -0.366 e. The summed E-state index contributed by atoms with van der Waals surface area (Å²) in [4.78, 5) is 20.3. The highest BCUT2D eigenvalue weighted by molar-refractivity contribution is 5.81. The number of nitrogens with zero attached hydrogens (tertiary/aromatic N) is 3. The molecule has 8 nitrogen and oxygen atoms in total. The van der Waals surface area contributed by atoms with E-state index in [9.17, 15) is 4.79 Å². The van der Waals surface area contributed by atoms with Crippen LogP contribution in [0.2, 0.25) is 0 Å². The lowest BCUT2D eigenvalue weighted by Crippen LogP contribution is -2.48. The molecule has 8 heteroatoms. The van der Waals surface area contributed by atoms with Crippen LogP contribution in [0.1, 0.15) is 5.82 Å². The van der Waals surface area contributed by atoms with Gasteiger partial charge in [0.25, 0.3) is 0 Å². The van der Waals surface area contributed by atoms with Crippen molar-refractivity contribution in [1.82, 2.24) is 30.8 Å². The highest BCUT2D eigenvalue weighted by atomic mass is 16.5. The fourth-order valence-corrected chi connectivity index (χ4v) is 2.18. The summed E-state index contributed by atoms with van der Waals surface area (Å²) in [5.74, 6) is 1.23. The molecule has 3 rings (SSSR count). The maximum absolute atomic E-state index is 11.9. The second-order valence-corrected chi connectivity index (χ2v) is 4.95. The maximum atomic E-state index is 11.9. The van der Waals surface area contributed by atoms with E-state index >= 15 is 0 Å². The van der Waals surface area contributed by atoms with Crippen molar-refractivity contribution >= 4 is 5.91 Å². The van der Waals surface area contributed by atoms with Gasteiger partial charge in [-0.05, 0) is 12.1 Å². The molecule has 0 bridgehead atoms. The molecule has 1 aliphatic heterocycles. The van der Waals surface area contributed by atoms with Gasteiger partial charge < -0.3 is 15.4 Å². The van der Waals surface area contributed by atoms with Crippen LogP contribution in [0.25, 0.3) is 11.4 Å². The molecule has 0 radical (unpaired) electrons. The van der Waals surface area contributed by atoms with E-state index < -0.39 is 6.10 Å². The lowest BCUT2D eigenvalue weighted by molar-refractivity contribution is -0.134. The van der Waals surface area contributed by atoms with Gasteiger partial charge in [0.05, 0.1) is 6.61 Å². The molecule has 0 saturated carbocycles. The predicted molar refractivity (Wildman–Crippen MR) is 78.9 cm³/mol. The average molecular weight is 302 g/mol. The van der Waals surface area contributed by atoms with Gasteiger partial charge in [0.15, 0.2) is 5.82 Å². The third kappa shape index (κ3) is 3.66. The Hall–Kier alpha value is -2.32. The van der Waals surface area contributed by atoms with Crippen molar-refractivity contribution in [1.29, 1.82) is 0 Å². The van der Waals surface area contributed by atoms with Gasteiger partial charge in [0.1, 0.15) is 11.9 Å². The van der Waals surface area contributed by atoms with Crippen molar-refractivity contribution in [3.8, 4) is 11.4 Å². The summed E-state index contributed by atoms with van der Waals surface area (Å²) in [6.45, 7) is 2.40. The molecule has 3 heterocycles. The fraction of sp³-hybridized carbons (Fsp3) is 0.429. The van der Waals surface area contributed by atoms with Gasteiger partial charge in [-0.25, -0.2) is 4.98 Å². The first kappa shape index (κ1) is 14.6. The molecule has 1 atom stereocenters. The molecule has 1 amide bonds. The Kier molecular flexibility index (Phi) is 4.71. The summed E-state index contributed by atoms with van der Waals surface area (Å²) in [6, 6.07) is 3.74. The molecule has 3 N–H and O–H groups in total. The number of aromatic nitrogens is 4. The molecule has 2 aromatic rings. The molecule has 1 fully saturated rings. The maximum Gasteiger partial charge on any atom is 0.250 e. The molecule has 22 heavy (non-hydrogen) atoms. The fourth-order valence-electron chi connectivity index (χ4n) is 2.18. The van der Waals surface area contributed by atoms with Crippen molar-refractivity contribution in [3.63, 3.8) is 0 Å². The van der Waals surface area contributed by atoms with Crippen molar-refractivity contribution in [3.05, 3.63) is 30.4 Å². The number of carbonyl (C=O) groups is 1. The van der Waals surface area contributed by atoms with Crippen molar-refractivity contribution in [2.75, 3.05) is 26.2 Å². The van der Waals surface area contributed by atoms with Gasteiger partial charge in [0.2, 0.25) is 5.91 Å². The van der Waals surface area contributed by atoms with Gasteiger partial charge in [-0.3, -0.25) is 14.9 Å². The molecule has 1 aliphatic rings. The van der Waals surface area contributed by atoms with E-state index in [0.29, 0.717) is 31.9 Å². The summed E-state index contributed by atoms with van der Waals surface area (Å²) in [6.07, 6.45) is 3.59. The standard InChI is InChI=1S/C14H18N6O2/c21-14(11-9-16-6-7-22-11)17-5-3-12-18-13(20-19-12)10-2-1-4-15-8-10/h1-2,4,8,11,16H,3,5-7,9H2,(H,17,21)(H,18,19,20)/t11-/m1/s1. The summed E-state index contributed by atoms with van der Waals surface area (Å²) in [5.41, 5.74) is 0.857. The zero-order valence-electron chi connectivity index (χ0n) is 12.1. The number of carbonyl (C=O) groups excluding carboxylic acids is 1. The van der Waals surface area contributed by atoms with Crippen LogP contribution in [0.4, 0.5) is 0 Å². The Morgan fingerprint density at radius 2 is 2.45 bits per heavy atom. The molecule has 1 saturated heterocycles. The van der Waals surface area contributed by atoms with Gasteiger partial charge in [-0.15, -0.1) is 0 Å². The number of nitrogens with one attached hydrogen (secondary N) is 3. The molecular formula is C14H18N6O2. The Balaban J connectivity index is 1.48. The van der Waals surface area contributed by atoms with Crippen molar-refractivity contribution in [2.45, 2.75) is 12.5 Å². The summed E-state index contributed by atoms with van der Waals surface area (Å²) < 4.78 is 5.39. The summed E-state index contributed by atoms with van der Waals surface area (Å²) >= 11 is 0. The highest BCUT2D eigenvalue weighted by Gasteiger charge is 2.21. The Morgan fingerprint density at radius 3 is 3.23 bits per heavy atom. The van der Waals surface area contributed by atoms with Crippen LogP contribution in [-0.2, 0) is 16.0 Å². The Bertz CT molecular complexity index is 609. The number of ether oxygens (including phenoxy) is 1. The molecule has 2 aromatic heterocycles. The van der Waals surface area contributed by atoms with Crippen LogP contribution in [0.3, 0.4) is 0 Å². The molecule has 0 spiro atoms. The van der Waals surface area contributed by atoms with Crippen molar-refractivity contribution < 1.29 is 9.53 Å². The quantitative estimate of drug-likeness (QED) is 0.688. The van der Waals surface area contributed by atoms with E-state index in [0.717, 1.165) is 17.9 Å². The number of hydrogen-bond donors (Lipinski definition) is 3. The molecule has 0 aromatic carbocycles. The Labute approximate surface area is 127 Å². The zero-order chi connectivity index (χ0) is 15.2. The van der Waals surface area contributed by atoms with Crippen LogP contribution in [0, 0.1) is 0 Å². The minimum absolute atomic E-state index is 0.0980. The molecule has 0 unspecified atom stereocenters. The summed E-state index contributed by atoms with van der Waals surface area (Å²) in [5, 5.41) is 13.0. The first-order valence-electron chi connectivity index (χ1n) is 7.24. The highest BCUT2D eigenvalue weighted by Crippen LogP contribution is 2.11. The van der Waals surface area contributed by atoms with Crippen LogP contribution < -0.4 is 10.6 Å². The number of morpholine rings is 1. The van der Waals surface area contributed by atoms with Crippen molar-refractivity contribution in [2.24, 2.45) is 0 Å². The number of amides is 1. The first-order valence-corrected chi connectivity index (χ1v) is 7.24.